The van der Waals surface area contributed by atoms with Crippen molar-refractivity contribution in [1.29, 1.82) is 0 Å². The number of ether oxygens (including phenoxy) is 1. The molecule has 0 radical (unpaired) electrons. The Morgan fingerprint density at radius 3 is 2.33 bits per heavy atom. The van der Waals surface area contributed by atoms with Gasteiger partial charge in [0.15, 0.2) is 0 Å². The molecule has 116 valence electrons. The lowest BCUT2D eigenvalue weighted by Gasteiger charge is -2.06. The Kier molecular flexibility index (Phi) is 7.25. The largest absolute Gasteiger partial charge is 0.543 e. The molecule has 0 aliphatic carbocycles. The zero-order valence-corrected chi connectivity index (χ0v) is 12.5. The molecular weight excluding hydrogens is 276 g/mol. The maximum atomic E-state index is 11.6. The van der Waals surface area contributed by atoms with Gasteiger partial charge in [0.25, 0.3) is 0 Å². The molecule has 6 heteroatoms. The summed E-state index contributed by atoms with van der Waals surface area (Å²) in [5.74, 6) is -0.755. The second kappa shape index (κ2) is 8.97. The van der Waals surface area contributed by atoms with Crippen LogP contribution in [0.25, 0.3) is 0 Å². The summed E-state index contributed by atoms with van der Waals surface area (Å²) < 4.78 is 4.61. The van der Waals surface area contributed by atoms with Crippen LogP contribution in [-0.4, -0.2) is 18.2 Å². The molecule has 0 heterocycles. The lowest BCUT2D eigenvalue weighted by Crippen LogP contribution is -2.15. The molecule has 0 aromatic heterocycles. The Balaban J connectivity index is 2.36. The van der Waals surface area contributed by atoms with Crippen molar-refractivity contribution in [2.24, 2.45) is 0 Å². The van der Waals surface area contributed by atoms with Crippen molar-refractivity contribution in [2.75, 3.05) is 0 Å². The van der Waals surface area contributed by atoms with E-state index in [1.54, 1.807) is 26.0 Å². The highest BCUT2D eigenvalue weighted by Gasteiger charge is 2.12. The van der Waals surface area contributed by atoms with Gasteiger partial charge in [-0.1, -0.05) is 25.5 Å². The van der Waals surface area contributed by atoms with E-state index in [0.717, 1.165) is 24.8 Å². The lowest BCUT2D eigenvalue weighted by molar-refractivity contribution is -0.452. The summed E-state index contributed by atoms with van der Waals surface area (Å²) in [6.07, 6.45) is 1.74. The third-order valence-electron chi connectivity index (χ3n) is 2.55. The molecule has 0 aliphatic heterocycles. The van der Waals surface area contributed by atoms with Crippen molar-refractivity contribution < 1.29 is 29.1 Å². The van der Waals surface area contributed by atoms with Crippen LogP contribution in [0, 0.1) is 0 Å². The first-order valence-electron chi connectivity index (χ1n) is 6.88. The average Bonchev–Trinajstić information content (AvgIpc) is 2.44. The van der Waals surface area contributed by atoms with E-state index in [9.17, 15) is 9.59 Å². The van der Waals surface area contributed by atoms with Gasteiger partial charge in [0.2, 0.25) is 0 Å². The SMILES string of the molecule is CCCCc1ccc(C(=O)OOOC(=O)OC(C)C)cc1. The van der Waals surface area contributed by atoms with Gasteiger partial charge in [-0.2, -0.15) is 0 Å². The van der Waals surface area contributed by atoms with E-state index >= 15 is 0 Å². The van der Waals surface area contributed by atoms with Crippen LogP contribution in [0.5, 0.6) is 0 Å². The molecule has 0 amide bonds. The minimum Gasteiger partial charge on any atom is -0.430 e. The number of unbranched alkanes of at least 4 members (excludes halogenated alkanes) is 1. The fourth-order valence-corrected chi connectivity index (χ4v) is 1.52. The van der Waals surface area contributed by atoms with Gasteiger partial charge in [0.1, 0.15) is 0 Å². The van der Waals surface area contributed by atoms with E-state index in [1.807, 2.05) is 12.1 Å². The van der Waals surface area contributed by atoms with Gasteiger partial charge in [-0.05, 0) is 44.4 Å². The molecule has 1 rings (SSSR count). The first kappa shape index (κ1) is 17.0. The Morgan fingerprint density at radius 2 is 1.76 bits per heavy atom. The summed E-state index contributed by atoms with van der Waals surface area (Å²) in [6, 6.07) is 6.95. The van der Waals surface area contributed by atoms with Crippen LogP contribution >= 0.6 is 0 Å². The first-order valence-corrected chi connectivity index (χ1v) is 6.88. The molecule has 6 nitrogen and oxygen atoms in total. The highest BCUT2D eigenvalue weighted by atomic mass is 17.5. The summed E-state index contributed by atoms with van der Waals surface area (Å²) in [5.41, 5.74) is 1.45. The van der Waals surface area contributed by atoms with Gasteiger partial charge >= 0.3 is 12.1 Å². The van der Waals surface area contributed by atoms with Crippen LogP contribution in [0.3, 0.4) is 0 Å². The van der Waals surface area contributed by atoms with Crippen molar-refractivity contribution in [1.82, 2.24) is 0 Å². The molecule has 0 saturated carbocycles. The molecule has 0 saturated heterocycles. The standard InChI is InChI=1S/C15H20O6/c1-4-5-6-12-7-9-13(10-8-12)14(16)19-21-20-15(17)18-11(2)3/h7-11H,4-6H2,1-3H3. The fourth-order valence-electron chi connectivity index (χ4n) is 1.52. The summed E-state index contributed by atoms with van der Waals surface area (Å²) in [6.45, 7) is 5.41. The number of rotatable bonds is 7. The van der Waals surface area contributed by atoms with Crippen LogP contribution < -0.4 is 0 Å². The van der Waals surface area contributed by atoms with Crippen LogP contribution in [0.1, 0.15) is 49.5 Å². The quantitative estimate of drug-likeness (QED) is 0.435. The third kappa shape index (κ3) is 6.76. The zero-order chi connectivity index (χ0) is 15.7. The van der Waals surface area contributed by atoms with Crippen molar-refractivity contribution in [3.63, 3.8) is 0 Å². The second-order valence-corrected chi connectivity index (χ2v) is 4.74. The number of benzene rings is 1. The average molecular weight is 296 g/mol. The van der Waals surface area contributed by atoms with E-state index in [1.165, 1.54) is 0 Å². The van der Waals surface area contributed by atoms with Crippen LogP contribution in [0.4, 0.5) is 4.79 Å². The molecule has 0 bridgehead atoms. The number of carbonyl (C=O) groups excluding carboxylic acids is 2. The highest BCUT2D eigenvalue weighted by Crippen LogP contribution is 2.09. The number of hydrogen-bond acceptors (Lipinski definition) is 6. The van der Waals surface area contributed by atoms with Gasteiger partial charge < -0.3 is 4.74 Å². The second-order valence-electron chi connectivity index (χ2n) is 4.74. The predicted molar refractivity (Wildman–Crippen MR) is 74.3 cm³/mol. The lowest BCUT2D eigenvalue weighted by atomic mass is 10.1. The Morgan fingerprint density at radius 1 is 1.10 bits per heavy atom. The zero-order valence-electron chi connectivity index (χ0n) is 12.5. The van der Waals surface area contributed by atoms with Crippen molar-refractivity contribution in [2.45, 2.75) is 46.1 Å². The fraction of sp³-hybridized carbons (Fsp3) is 0.467. The maximum Gasteiger partial charge on any atom is 0.543 e. The molecule has 0 atom stereocenters. The van der Waals surface area contributed by atoms with Crippen molar-refractivity contribution in [3.05, 3.63) is 35.4 Å². The maximum absolute atomic E-state index is 11.6. The van der Waals surface area contributed by atoms with E-state index in [2.05, 4.69) is 26.5 Å². The van der Waals surface area contributed by atoms with Crippen LogP contribution in [-0.2, 0) is 26.0 Å². The Labute approximate surface area is 123 Å². The third-order valence-corrected chi connectivity index (χ3v) is 2.55. The van der Waals surface area contributed by atoms with E-state index < -0.39 is 12.1 Å². The Hall–Kier alpha value is -2.08. The molecule has 0 aliphatic rings. The molecule has 0 spiro atoms. The van der Waals surface area contributed by atoms with Gasteiger partial charge in [-0.3, -0.25) is 4.89 Å². The summed E-state index contributed by atoms with van der Waals surface area (Å²) >= 11 is 0. The summed E-state index contributed by atoms with van der Waals surface area (Å²) in [5, 5.41) is 4.08. The normalized spacial score (nSPS) is 10.3. The summed E-state index contributed by atoms with van der Waals surface area (Å²) in [4.78, 5) is 31.0. The summed E-state index contributed by atoms with van der Waals surface area (Å²) in [7, 11) is 0. The van der Waals surface area contributed by atoms with Crippen LogP contribution in [0.15, 0.2) is 24.3 Å². The van der Waals surface area contributed by atoms with Crippen molar-refractivity contribution >= 4 is 12.1 Å². The van der Waals surface area contributed by atoms with E-state index in [-0.39, 0.29) is 6.10 Å². The molecule has 1 aromatic carbocycles. The monoisotopic (exact) mass is 296 g/mol. The molecule has 1 aromatic rings. The van der Waals surface area contributed by atoms with E-state index in [4.69, 9.17) is 0 Å². The number of aryl methyl sites for hydroxylation is 1. The topological polar surface area (TPSA) is 71.1 Å². The number of hydrogen-bond donors (Lipinski definition) is 0. The minimum atomic E-state index is -1.08. The first-order chi connectivity index (χ1) is 10.0. The van der Waals surface area contributed by atoms with Crippen LogP contribution in [0.2, 0.25) is 0 Å². The molecule has 0 fully saturated rings. The predicted octanol–water partition coefficient (Wildman–Crippen LogP) is 3.59. The van der Waals surface area contributed by atoms with Gasteiger partial charge in [0, 0.05) is 0 Å². The highest BCUT2D eigenvalue weighted by molar-refractivity contribution is 5.88. The molecule has 0 unspecified atom stereocenters. The number of carbonyl (C=O) groups is 2. The smallest absolute Gasteiger partial charge is 0.430 e. The molecular formula is C15H20O6. The van der Waals surface area contributed by atoms with Gasteiger partial charge in [-0.15, -0.1) is 0 Å². The Bertz CT molecular complexity index is 452. The van der Waals surface area contributed by atoms with Crippen molar-refractivity contribution in [3.8, 4) is 0 Å². The molecule has 21 heavy (non-hydrogen) atoms. The molecule has 0 N–H and O–H groups in total. The van der Waals surface area contributed by atoms with Gasteiger partial charge in [0.05, 0.1) is 16.7 Å². The van der Waals surface area contributed by atoms with E-state index in [0.29, 0.717) is 5.56 Å². The van der Waals surface area contributed by atoms with Gasteiger partial charge in [-0.25, -0.2) is 14.5 Å². The minimum absolute atomic E-state index is 0.302.